The molecule has 0 spiro atoms. The number of piperidine rings is 1. The van der Waals surface area contributed by atoms with Crippen molar-refractivity contribution in [1.29, 1.82) is 0 Å². The molecule has 0 amide bonds. The standard InChI is InChI=1S/C24H29ClN6O2/c1-24(14-33-13-21(24)32)30-8-5-15(6-9-30)18-11-20-16(10-19(18)25)12-26-23(28-20)29-22-4-7-27-31(22)17-2-3-17/h4,7,10-12,15,17,21,32H,2-3,5-6,8-9,13-14H2,1H3,(H,26,28,29)/t21?,24-/m1/s1. The molecule has 2 N–H and O–H groups in total. The first kappa shape index (κ1) is 21.3. The van der Waals surface area contributed by atoms with Crippen LogP contribution in [-0.4, -0.2) is 67.7 Å². The summed E-state index contributed by atoms with van der Waals surface area (Å²) in [7, 11) is 0. The van der Waals surface area contributed by atoms with Crippen LogP contribution >= 0.6 is 11.6 Å². The summed E-state index contributed by atoms with van der Waals surface area (Å²) in [4.78, 5) is 11.7. The maximum atomic E-state index is 10.4. The van der Waals surface area contributed by atoms with Crippen molar-refractivity contribution in [1.82, 2.24) is 24.6 Å². The molecule has 9 heteroatoms. The van der Waals surface area contributed by atoms with Gasteiger partial charge in [0.05, 0.1) is 42.6 Å². The number of hydrogen-bond donors (Lipinski definition) is 2. The molecule has 4 heterocycles. The highest BCUT2D eigenvalue weighted by Crippen LogP contribution is 2.39. The van der Waals surface area contributed by atoms with Gasteiger partial charge in [-0.2, -0.15) is 5.10 Å². The van der Waals surface area contributed by atoms with E-state index < -0.39 is 6.10 Å². The molecule has 1 aromatic carbocycles. The van der Waals surface area contributed by atoms with Gasteiger partial charge in [-0.1, -0.05) is 11.6 Å². The Balaban J connectivity index is 1.21. The number of aliphatic hydroxyl groups is 1. The first-order valence-corrected chi connectivity index (χ1v) is 12.2. The maximum Gasteiger partial charge on any atom is 0.228 e. The van der Waals surface area contributed by atoms with Crippen LogP contribution in [0.4, 0.5) is 11.8 Å². The average Bonchev–Trinajstić information content (AvgIpc) is 3.47. The Kier molecular flexibility index (Phi) is 5.29. The van der Waals surface area contributed by atoms with Gasteiger partial charge in [0, 0.05) is 22.7 Å². The van der Waals surface area contributed by atoms with E-state index in [1.54, 1.807) is 0 Å². The molecule has 2 saturated heterocycles. The molecule has 2 aromatic heterocycles. The van der Waals surface area contributed by atoms with Gasteiger partial charge in [0.25, 0.3) is 0 Å². The molecule has 2 aliphatic heterocycles. The number of nitrogens with zero attached hydrogens (tertiary/aromatic N) is 5. The Morgan fingerprint density at radius 1 is 1.21 bits per heavy atom. The Hall–Kier alpha value is -2.26. The lowest BCUT2D eigenvalue weighted by Crippen LogP contribution is -2.56. The third-order valence-corrected chi connectivity index (χ3v) is 7.87. The van der Waals surface area contributed by atoms with Gasteiger partial charge in [0.2, 0.25) is 5.95 Å². The van der Waals surface area contributed by atoms with Gasteiger partial charge >= 0.3 is 0 Å². The van der Waals surface area contributed by atoms with Crippen molar-refractivity contribution in [2.45, 2.75) is 56.2 Å². The zero-order valence-electron chi connectivity index (χ0n) is 18.7. The molecule has 6 rings (SSSR count). The number of benzene rings is 1. The fourth-order valence-corrected chi connectivity index (χ4v) is 5.56. The van der Waals surface area contributed by atoms with Crippen LogP contribution < -0.4 is 5.32 Å². The average molecular weight is 469 g/mol. The van der Waals surface area contributed by atoms with Gasteiger partial charge in [0.15, 0.2) is 0 Å². The molecule has 3 fully saturated rings. The lowest BCUT2D eigenvalue weighted by molar-refractivity contribution is -0.00211. The molecule has 0 bridgehead atoms. The van der Waals surface area contributed by atoms with E-state index in [-0.39, 0.29) is 5.54 Å². The van der Waals surface area contributed by atoms with E-state index in [9.17, 15) is 5.11 Å². The number of aromatic nitrogens is 4. The van der Waals surface area contributed by atoms with Crippen LogP contribution in [0.3, 0.4) is 0 Å². The van der Waals surface area contributed by atoms with Crippen LogP contribution in [-0.2, 0) is 4.74 Å². The van der Waals surface area contributed by atoms with E-state index in [1.807, 2.05) is 29.2 Å². The molecular formula is C24H29ClN6O2. The number of nitrogens with one attached hydrogen (secondary N) is 1. The number of ether oxygens (including phenoxy) is 1. The van der Waals surface area contributed by atoms with Crippen LogP contribution in [0.5, 0.6) is 0 Å². The zero-order chi connectivity index (χ0) is 22.6. The number of aliphatic hydroxyl groups excluding tert-OH is 1. The first-order chi connectivity index (χ1) is 16.0. The lowest BCUT2D eigenvalue weighted by Gasteiger charge is -2.43. The van der Waals surface area contributed by atoms with Gasteiger partial charge < -0.3 is 15.2 Å². The van der Waals surface area contributed by atoms with E-state index in [1.165, 1.54) is 12.8 Å². The van der Waals surface area contributed by atoms with Crippen molar-refractivity contribution in [3.8, 4) is 0 Å². The van der Waals surface area contributed by atoms with Crippen LogP contribution in [0.25, 0.3) is 10.9 Å². The number of likely N-dealkylation sites (tertiary alicyclic amines) is 1. The molecule has 1 unspecified atom stereocenters. The summed E-state index contributed by atoms with van der Waals surface area (Å²) in [6.07, 6.45) is 7.51. The van der Waals surface area contributed by atoms with Crippen molar-refractivity contribution in [3.63, 3.8) is 0 Å². The summed E-state index contributed by atoms with van der Waals surface area (Å²) in [6, 6.07) is 6.54. The van der Waals surface area contributed by atoms with E-state index in [4.69, 9.17) is 21.3 Å². The number of fused-ring (bicyclic) bond motifs is 1. The van der Waals surface area contributed by atoms with Gasteiger partial charge in [-0.25, -0.2) is 14.6 Å². The number of anilines is 2. The summed E-state index contributed by atoms with van der Waals surface area (Å²) in [5.41, 5.74) is 1.74. The van der Waals surface area contributed by atoms with E-state index in [0.29, 0.717) is 31.1 Å². The van der Waals surface area contributed by atoms with Crippen molar-refractivity contribution in [2.24, 2.45) is 0 Å². The van der Waals surface area contributed by atoms with Crippen molar-refractivity contribution in [3.05, 3.63) is 41.2 Å². The smallest absolute Gasteiger partial charge is 0.228 e. The maximum absolute atomic E-state index is 10.4. The van der Waals surface area contributed by atoms with Gasteiger partial charge in [-0.15, -0.1) is 0 Å². The number of hydrogen-bond acceptors (Lipinski definition) is 7. The van der Waals surface area contributed by atoms with Crippen LogP contribution in [0.15, 0.2) is 30.6 Å². The van der Waals surface area contributed by atoms with Gasteiger partial charge in [-0.05, 0) is 69.3 Å². The summed E-state index contributed by atoms with van der Waals surface area (Å²) < 4.78 is 7.55. The van der Waals surface area contributed by atoms with E-state index >= 15 is 0 Å². The SMILES string of the molecule is C[C@@]1(N2CCC(c3cc4nc(Nc5ccnn5C5CC5)ncc4cc3Cl)CC2)COCC1O. The Labute approximate surface area is 197 Å². The largest absolute Gasteiger partial charge is 0.389 e. The van der Waals surface area contributed by atoms with Crippen LogP contribution in [0, 0.1) is 0 Å². The number of halogens is 1. The van der Waals surface area contributed by atoms with Crippen molar-refractivity contribution in [2.75, 3.05) is 31.6 Å². The van der Waals surface area contributed by atoms with Crippen molar-refractivity contribution < 1.29 is 9.84 Å². The summed E-state index contributed by atoms with van der Waals surface area (Å²) in [5.74, 6) is 1.85. The summed E-state index contributed by atoms with van der Waals surface area (Å²) >= 11 is 6.71. The monoisotopic (exact) mass is 468 g/mol. The summed E-state index contributed by atoms with van der Waals surface area (Å²) in [6.45, 7) is 4.94. The Morgan fingerprint density at radius 2 is 2.03 bits per heavy atom. The second kappa shape index (κ2) is 8.20. The predicted molar refractivity (Wildman–Crippen MR) is 127 cm³/mol. The van der Waals surface area contributed by atoms with Gasteiger partial charge in [0.1, 0.15) is 5.82 Å². The minimum absolute atomic E-state index is 0.293. The highest BCUT2D eigenvalue weighted by Gasteiger charge is 2.45. The minimum Gasteiger partial charge on any atom is -0.389 e. The Bertz CT molecular complexity index is 1170. The molecule has 3 aromatic rings. The fourth-order valence-electron chi connectivity index (χ4n) is 5.23. The topological polar surface area (TPSA) is 88.3 Å². The fraction of sp³-hybridized carbons (Fsp3) is 0.542. The molecule has 33 heavy (non-hydrogen) atoms. The number of rotatable bonds is 5. The highest BCUT2D eigenvalue weighted by molar-refractivity contribution is 6.32. The molecule has 8 nitrogen and oxygen atoms in total. The zero-order valence-corrected chi connectivity index (χ0v) is 19.5. The van der Waals surface area contributed by atoms with Gasteiger partial charge in [-0.3, -0.25) is 4.90 Å². The van der Waals surface area contributed by atoms with E-state index in [2.05, 4.69) is 33.3 Å². The normalized spacial score (nSPS) is 26.8. The van der Waals surface area contributed by atoms with Crippen LogP contribution in [0.1, 0.15) is 50.1 Å². The van der Waals surface area contributed by atoms with E-state index in [0.717, 1.165) is 53.2 Å². The third-order valence-electron chi connectivity index (χ3n) is 7.55. The molecule has 1 saturated carbocycles. The molecular weight excluding hydrogens is 440 g/mol. The second-order valence-electron chi connectivity index (χ2n) is 9.79. The molecule has 3 aliphatic rings. The highest BCUT2D eigenvalue weighted by atomic mass is 35.5. The summed E-state index contributed by atoms with van der Waals surface area (Å²) in [5, 5.41) is 19.9. The predicted octanol–water partition coefficient (Wildman–Crippen LogP) is 3.89. The quantitative estimate of drug-likeness (QED) is 0.587. The Morgan fingerprint density at radius 3 is 2.76 bits per heavy atom. The molecule has 1 aliphatic carbocycles. The molecule has 2 atom stereocenters. The first-order valence-electron chi connectivity index (χ1n) is 11.8. The third kappa shape index (κ3) is 3.89. The molecule has 0 radical (unpaired) electrons. The van der Waals surface area contributed by atoms with Crippen molar-refractivity contribution >= 4 is 34.3 Å². The van der Waals surface area contributed by atoms with Crippen LogP contribution in [0.2, 0.25) is 5.02 Å². The second-order valence-corrected chi connectivity index (χ2v) is 10.2. The minimum atomic E-state index is -0.433. The lowest BCUT2D eigenvalue weighted by atomic mass is 9.85. The molecule has 174 valence electrons.